The number of anilines is 1. The van der Waals surface area contributed by atoms with Crippen LogP contribution in [0.25, 0.3) is 0 Å². The fraction of sp³-hybridized carbons (Fsp3) is 0.429. The number of likely N-dealkylation sites (tertiary alicyclic amines) is 1. The Bertz CT molecular complexity index is 556. The molecule has 1 N–H and O–H groups in total. The lowest BCUT2D eigenvalue weighted by Gasteiger charge is -2.23. The number of carbonyl (C=O) groups excluding carboxylic acids is 2. The molecule has 21 heavy (non-hydrogen) atoms. The molecule has 2 rings (SSSR count). The zero-order valence-corrected chi connectivity index (χ0v) is 11.7. The molecule has 0 aliphatic carbocycles. The Morgan fingerprint density at radius 2 is 2.05 bits per heavy atom. The fourth-order valence-corrected chi connectivity index (χ4v) is 2.43. The highest BCUT2D eigenvalue weighted by atomic mass is 16.6. The molecule has 1 aliphatic heterocycles. The van der Waals surface area contributed by atoms with Crippen LogP contribution in [0.4, 0.5) is 11.4 Å². The van der Waals surface area contributed by atoms with Crippen molar-refractivity contribution in [1.82, 2.24) is 4.90 Å². The Balaban J connectivity index is 2.03. The van der Waals surface area contributed by atoms with Gasteiger partial charge in [-0.15, -0.1) is 0 Å². The molecule has 1 unspecified atom stereocenters. The molecule has 0 bridgehead atoms. The van der Waals surface area contributed by atoms with Crippen molar-refractivity contribution in [3.05, 3.63) is 34.4 Å². The summed E-state index contributed by atoms with van der Waals surface area (Å²) in [6, 6.07) is 5.18. The lowest BCUT2D eigenvalue weighted by molar-refractivity contribution is -0.384. The SMILES string of the molecule is CCC(=O)N1CCCC1C(=O)Nc1ccc([N+](=O)[O-])cc1. The molecule has 1 heterocycles. The minimum Gasteiger partial charge on any atom is -0.331 e. The van der Waals surface area contributed by atoms with Gasteiger partial charge in [0.15, 0.2) is 0 Å². The number of nitrogens with one attached hydrogen (secondary N) is 1. The van der Waals surface area contributed by atoms with Crippen LogP contribution in [0.1, 0.15) is 26.2 Å². The van der Waals surface area contributed by atoms with Crippen LogP contribution in [0.5, 0.6) is 0 Å². The smallest absolute Gasteiger partial charge is 0.269 e. The maximum absolute atomic E-state index is 12.2. The van der Waals surface area contributed by atoms with Gasteiger partial charge in [0.1, 0.15) is 6.04 Å². The fourth-order valence-electron chi connectivity index (χ4n) is 2.43. The standard InChI is InChI=1S/C14H17N3O4/c1-2-13(18)16-9-3-4-12(16)14(19)15-10-5-7-11(8-6-10)17(20)21/h5-8,12H,2-4,9H2,1H3,(H,15,19). The highest BCUT2D eigenvalue weighted by Gasteiger charge is 2.33. The Morgan fingerprint density at radius 1 is 1.38 bits per heavy atom. The second kappa shape index (κ2) is 6.34. The average molecular weight is 291 g/mol. The van der Waals surface area contributed by atoms with Crippen LogP contribution in [0.15, 0.2) is 24.3 Å². The quantitative estimate of drug-likeness (QED) is 0.677. The molecular weight excluding hydrogens is 274 g/mol. The van der Waals surface area contributed by atoms with Gasteiger partial charge in [0.2, 0.25) is 11.8 Å². The lowest BCUT2D eigenvalue weighted by Crippen LogP contribution is -2.42. The van der Waals surface area contributed by atoms with E-state index in [4.69, 9.17) is 0 Å². The van der Waals surface area contributed by atoms with Crippen LogP contribution in [0.3, 0.4) is 0 Å². The summed E-state index contributed by atoms with van der Waals surface area (Å²) in [5.74, 6) is -0.278. The Kier molecular flexibility index (Phi) is 4.52. The highest BCUT2D eigenvalue weighted by molar-refractivity contribution is 5.97. The molecule has 1 atom stereocenters. The number of rotatable bonds is 4. The van der Waals surface area contributed by atoms with Crippen molar-refractivity contribution < 1.29 is 14.5 Å². The van der Waals surface area contributed by atoms with Crippen LogP contribution in [0, 0.1) is 10.1 Å². The first-order chi connectivity index (χ1) is 10.0. The third kappa shape index (κ3) is 3.36. The van der Waals surface area contributed by atoms with E-state index < -0.39 is 11.0 Å². The predicted molar refractivity (Wildman–Crippen MR) is 76.8 cm³/mol. The molecular formula is C14H17N3O4. The van der Waals surface area contributed by atoms with Crippen LogP contribution < -0.4 is 5.32 Å². The topological polar surface area (TPSA) is 92.6 Å². The molecule has 1 fully saturated rings. The number of carbonyl (C=O) groups is 2. The lowest BCUT2D eigenvalue weighted by atomic mass is 10.2. The van der Waals surface area contributed by atoms with E-state index in [0.717, 1.165) is 6.42 Å². The molecule has 2 amide bonds. The van der Waals surface area contributed by atoms with E-state index in [2.05, 4.69) is 5.32 Å². The summed E-state index contributed by atoms with van der Waals surface area (Å²) in [5, 5.41) is 13.3. The van der Waals surface area contributed by atoms with Gasteiger partial charge in [-0.3, -0.25) is 19.7 Å². The normalized spacial score (nSPS) is 17.6. The maximum atomic E-state index is 12.2. The van der Waals surface area contributed by atoms with Crippen LogP contribution in [-0.2, 0) is 9.59 Å². The van der Waals surface area contributed by atoms with Gasteiger partial charge in [-0.1, -0.05) is 6.92 Å². The summed E-state index contributed by atoms with van der Waals surface area (Å²) in [4.78, 5) is 35.7. The minimum atomic E-state index is -0.496. The molecule has 1 aliphatic rings. The molecule has 1 saturated heterocycles. The summed E-state index contributed by atoms with van der Waals surface area (Å²) < 4.78 is 0. The third-order valence-corrected chi connectivity index (χ3v) is 3.52. The number of hydrogen-bond donors (Lipinski definition) is 1. The molecule has 0 aromatic heterocycles. The first-order valence-electron chi connectivity index (χ1n) is 6.87. The van der Waals surface area contributed by atoms with Crippen molar-refractivity contribution in [3.8, 4) is 0 Å². The van der Waals surface area contributed by atoms with E-state index in [1.165, 1.54) is 24.3 Å². The second-order valence-corrected chi connectivity index (χ2v) is 4.89. The molecule has 112 valence electrons. The Morgan fingerprint density at radius 3 is 2.62 bits per heavy atom. The van der Waals surface area contributed by atoms with Crippen LogP contribution in [-0.4, -0.2) is 34.2 Å². The molecule has 7 nitrogen and oxygen atoms in total. The van der Waals surface area contributed by atoms with Crippen molar-refractivity contribution >= 4 is 23.2 Å². The van der Waals surface area contributed by atoms with Gasteiger partial charge in [-0.25, -0.2) is 0 Å². The van der Waals surface area contributed by atoms with Crippen molar-refractivity contribution in [3.63, 3.8) is 0 Å². The minimum absolute atomic E-state index is 0.0309. The molecule has 0 saturated carbocycles. The van der Waals surface area contributed by atoms with Gasteiger partial charge >= 0.3 is 0 Å². The van der Waals surface area contributed by atoms with E-state index >= 15 is 0 Å². The predicted octanol–water partition coefficient (Wildman–Crippen LogP) is 1.93. The van der Waals surface area contributed by atoms with Gasteiger partial charge in [0.25, 0.3) is 5.69 Å². The van der Waals surface area contributed by atoms with Gasteiger partial charge < -0.3 is 10.2 Å². The van der Waals surface area contributed by atoms with E-state index in [9.17, 15) is 19.7 Å². The molecule has 7 heteroatoms. The third-order valence-electron chi connectivity index (χ3n) is 3.52. The van der Waals surface area contributed by atoms with Crippen LogP contribution in [0.2, 0.25) is 0 Å². The number of amides is 2. The average Bonchev–Trinajstić information content (AvgIpc) is 2.96. The first kappa shape index (κ1) is 15.0. The highest BCUT2D eigenvalue weighted by Crippen LogP contribution is 2.21. The number of nitro benzene ring substituents is 1. The number of nitro groups is 1. The van der Waals surface area contributed by atoms with E-state index in [0.29, 0.717) is 25.1 Å². The van der Waals surface area contributed by atoms with Gasteiger partial charge in [-0.2, -0.15) is 0 Å². The van der Waals surface area contributed by atoms with E-state index in [1.807, 2.05) is 0 Å². The van der Waals surface area contributed by atoms with E-state index in [1.54, 1.807) is 11.8 Å². The summed E-state index contributed by atoms with van der Waals surface area (Å²) in [5.41, 5.74) is 0.457. The summed E-state index contributed by atoms with van der Waals surface area (Å²) in [6.07, 6.45) is 1.83. The number of benzene rings is 1. The second-order valence-electron chi connectivity index (χ2n) is 4.89. The monoisotopic (exact) mass is 291 g/mol. The summed E-state index contributed by atoms with van der Waals surface area (Å²) in [7, 11) is 0. The zero-order valence-electron chi connectivity index (χ0n) is 11.7. The Hall–Kier alpha value is -2.44. The van der Waals surface area contributed by atoms with Crippen molar-refractivity contribution in [2.45, 2.75) is 32.2 Å². The van der Waals surface area contributed by atoms with Crippen molar-refractivity contribution in [2.24, 2.45) is 0 Å². The number of hydrogen-bond acceptors (Lipinski definition) is 4. The van der Waals surface area contributed by atoms with Gasteiger partial charge in [0.05, 0.1) is 4.92 Å². The zero-order chi connectivity index (χ0) is 15.4. The molecule has 1 aromatic rings. The largest absolute Gasteiger partial charge is 0.331 e. The van der Waals surface area contributed by atoms with E-state index in [-0.39, 0.29) is 17.5 Å². The van der Waals surface area contributed by atoms with Gasteiger partial charge in [0, 0.05) is 30.8 Å². The molecule has 1 aromatic carbocycles. The summed E-state index contributed by atoms with van der Waals surface area (Å²) >= 11 is 0. The van der Waals surface area contributed by atoms with Crippen LogP contribution >= 0.6 is 0 Å². The van der Waals surface area contributed by atoms with Gasteiger partial charge in [-0.05, 0) is 25.0 Å². The first-order valence-corrected chi connectivity index (χ1v) is 6.87. The Labute approximate surface area is 122 Å². The number of nitrogens with zero attached hydrogens (tertiary/aromatic N) is 2. The summed E-state index contributed by atoms with van der Waals surface area (Å²) in [6.45, 7) is 2.37. The number of non-ortho nitro benzene ring substituents is 1. The molecule has 0 spiro atoms. The van der Waals surface area contributed by atoms with Crippen molar-refractivity contribution in [2.75, 3.05) is 11.9 Å². The maximum Gasteiger partial charge on any atom is 0.269 e. The molecule has 0 radical (unpaired) electrons. The van der Waals surface area contributed by atoms with Crippen molar-refractivity contribution in [1.29, 1.82) is 0 Å².